The summed E-state index contributed by atoms with van der Waals surface area (Å²) in [5.74, 6) is -0.503. The van der Waals surface area contributed by atoms with E-state index >= 15 is 0 Å². The highest BCUT2D eigenvalue weighted by molar-refractivity contribution is 8.03. The number of ketones is 2. The molecule has 4 rings (SSSR count). The summed E-state index contributed by atoms with van der Waals surface area (Å²) in [5.41, 5.74) is 6.00. The molecule has 6 nitrogen and oxygen atoms in total. The minimum Gasteiger partial charge on any atom is -0.341 e. The van der Waals surface area contributed by atoms with Crippen molar-refractivity contribution in [2.45, 2.75) is 33.7 Å². The van der Waals surface area contributed by atoms with Crippen molar-refractivity contribution in [3.63, 3.8) is 0 Å². The Hall–Kier alpha value is -4.20. The van der Waals surface area contributed by atoms with E-state index < -0.39 is 5.97 Å². The quantitative estimate of drug-likeness (QED) is 0.0538. The molecule has 0 aliphatic heterocycles. The lowest BCUT2D eigenvalue weighted by atomic mass is 9.97. The molecule has 0 aliphatic rings. The second-order valence-electron chi connectivity index (χ2n) is 9.49. The van der Waals surface area contributed by atoms with Crippen LogP contribution in [0.5, 0.6) is 0 Å². The first kappa shape index (κ1) is 30.8. The fourth-order valence-corrected chi connectivity index (χ4v) is 5.67. The number of oxime groups is 1. The number of nitrogens with zero attached hydrogens (tertiary/aromatic N) is 2. The third kappa shape index (κ3) is 6.81. The SMILES string of the molecule is C=C/C(=C\C=C\Cl)SCC/C(=N\OC(C)=O)C(=O)c1ccc2c(c1)c1cc(C(=O)c3ccccc3C)ccc1n2CC. The van der Waals surface area contributed by atoms with Crippen LogP contribution in [-0.2, 0) is 16.2 Å². The molecule has 0 radical (unpaired) electrons. The number of aromatic nitrogens is 1. The van der Waals surface area contributed by atoms with Gasteiger partial charge in [-0.25, -0.2) is 4.79 Å². The lowest BCUT2D eigenvalue weighted by Crippen LogP contribution is -2.16. The molecule has 0 saturated heterocycles. The number of hydrogen-bond acceptors (Lipinski definition) is 6. The monoisotopic (exact) mass is 598 g/mol. The molecule has 0 bridgehead atoms. The van der Waals surface area contributed by atoms with E-state index in [9.17, 15) is 14.4 Å². The van der Waals surface area contributed by atoms with Gasteiger partial charge in [-0.3, -0.25) is 9.59 Å². The van der Waals surface area contributed by atoms with Crippen LogP contribution in [0.4, 0.5) is 0 Å². The maximum Gasteiger partial charge on any atom is 0.331 e. The molecular weight excluding hydrogens is 568 g/mol. The van der Waals surface area contributed by atoms with E-state index in [0.29, 0.717) is 29.0 Å². The van der Waals surface area contributed by atoms with Crippen LogP contribution in [0.25, 0.3) is 21.8 Å². The Labute approximate surface area is 254 Å². The lowest BCUT2D eigenvalue weighted by molar-refractivity contribution is -0.140. The van der Waals surface area contributed by atoms with E-state index in [1.165, 1.54) is 24.2 Å². The van der Waals surface area contributed by atoms with Crippen LogP contribution in [0, 0.1) is 6.92 Å². The van der Waals surface area contributed by atoms with Gasteiger partial charge >= 0.3 is 5.97 Å². The van der Waals surface area contributed by atoms with Crippen molar-refractivity contribution in [3.05, 3.63) is 118 Å². The Morgan fingerprint density at radius 1 is 1.02 bits per heavy atom. The molecule has 1 aromatic heterocycles. The van der Waals surface area contributed by atoms with Crippen LogP contribution in [0.1, 0.15) is 52.1 Å². The van der Waals surface area contributed by atoms with Crippen LogP contribution in [0.2, 0.25) is 0 Å². The van der Waals surface area contributed by atoms with Crippen molar-refractivity contribution in [1.29, 1.82) is 0 Å². The van der Waals surface area contributed by atoms with Crippen molar-refractivity contribution in [1.82, 2.24) is 4.57 Å². The molecule has 3 aromatic carbocycles. The Kier molecular flexibility index (Phi) is 10.3. The van der Waals surface area contributed by atoms with Gasteiger partial charge in [0.05, 0.1) is 0 Å². The molecule has 42 heavy (non-hydrogen) atoms. The smallest absolute Gasteiger partial charge is 0.331 e. The Bertz CT molecular complexity index is 1780. The zero-order valence-corrected chi connectivity index (χ0v) is 25.3. The minimum absolute atomic E-state index is 0.0533. The van der Waals surface area contributed by atoms with Gasteiger partial charge in [0, 0.05) is 74.6 Å². The zero-order valence-electron chi connectivity index (χ0n) is 23.7. The molecule has 0 unspecified atom stereocenters. The molecule has 4 aromatic rings. The maximum atomic E-state index is 13.7. The standard InChI is InChI=1S/C34H31ClN2O4S/c1-5-26(11-9-18-35)42-19-17-30(36-41-23(4)38)34(40)25-14-16-32-29(21-25)28-20-24(13-15-31(28)37(32)6-2)33(39)27-12-8-7-10-22(27)3/h5,7-16,18,20-21H,1,6,17,19H2,2-4H3/b18-9+,26-11+,36-30+. The van der Waals surface area contributed by atoms with Crippen LogP contribution in [0.15, 0.2) is 101 Å². The largest absolute Gasteiger partial charge is 0.341 e. The molecule has 1 heterocycles. The summed E-state index contributed by atoms with van der Waals surface area (Å²) >= 11 is 7.09. The summed E-state index contributed by atoms with van der Waals surface area (Å²) in [4.78, 5) is 44.3. The average molecular weight is 599 g/mol. The fourth-order valence-electron chi connectivity index (χ4n) is 4.77. The van der Waals surface area contributed by atoms with Crippen LogP contribution in [0.3, 0.4) is 0 Å². The number of carbonyl (C=O) groups excluding carboxylic acids is 3. The second kappa shape index (κ2) is 14.1. The van der Waals surface area contributed by atoms with Crippen molar-refractivity contribution in [3.8, 4) is 0 Å². The van der Waals surface area contributed by atoms with E-state index in [4.69, 9.17) is 16.4 Å². The van der Waals surface area contributed by atoms with Crippen LogP contribution in [-0.4, -0.2) is 33.6 Å². The second-order valence-corrected chi connectivity index (χ2v) is 10.9. The number of fused-ring (bicyclic) bond motifs is 3. The van der Waals surface area contributed by atoms with E-state index in [2.05, 4.69) is 23.2 Å². The molecule has 0 N–H and O–H groups in total. The molecule has 0 amide bonds. The van der Waals surface area contributed by atoms with Gasteiger partial charge in [0.1, 0.15) is 5.71 Å². The van der Waals surface area contributed by atoms with E-state index in [1.54, 1.807) is 18.2 Å². The molecule has 0 atom stereocenters. The summed E-state index contributed by atoms with van der Waals surface area (Å²) < 4.78 is 2.16. The summed E-state index contributed by atoms with van der Waals surface area (Å²) in [6.45, 7) is 9.73. The van der Waals surface area contributed by atoms with Crippen molar-refractivity contribution in [2.75, 3.05) is 5.75 Å². The maximum absolute atomic E-state index is 13.7. The number of hydrogen-bond donors (Lipinski definition) is 0. The lowest BCUT2D eigenvalue weighted by Gasteiger charge is -2.07. The predicted molar refractivity (Wildman–Crippen MR) is 174 cm³/mol. The first-order valence-electron chi connectivity index (χ1n) is 13.5. The first-order valence-corrected chi connectivity index (χ1v) is 14.9. The average Bonchev–Trinajstić information content (AvgIpc) is 3.32. The third-order valence-electron chi connectivity index (χ3n) is 6.78. The van der Waals surface area contributed by atoms with Gasteiger partial charge < -0.3 is 9.40 Å². The van der Waals surface area contributed by atoms with Crippen molar-refractivity contribution < 1.29 is 19.2 Å². The van der Waals surface area contributed by atoms with Gasteiger partial charge in [0.15, 0.2) is 5.78 Å². The Balaban J connectivity index is 1.73. The highest BCUT2D eigenvalue weighted by Crippen LogP contribution is 2.32. The minimum atomic E-state index is -0.612. The molecular formula is C34H31ClN2O4S. The number of Topliss-reactive ketones (excluding diaryl/α,β-unsaturated/α-hetero) is 1. The number of aryl methyl sites for hydroxylation is 2. The zero-order chi connectivity index (χ0) is 30.2. The highest BCUT2D eigenvalue weighted by atomic mass is 35.5. The van der Waals surface area contributed by atoms with Gasteiger partial charge in [-0.1, -0.05) is 53.7 Å². The highest BCUT2D eigenvalue weighted by Gasteiger charge is 2.20. The normalized spacial score (nSPS) is 12.3. The van der Waals surface area contributed by atoms with E-state index in [1.807, 2.05) is 67.6 Å². The molecule has 0 aliphatic carbocycles. The fraction of sp³-hybridized carbons (Fsp3) is 0.176. The van der Waals surface area contributed by atoms with Crippen LogP contribution < -0.4 is 0 Å². The van der Waals surface area contributed by atoms with Gasteiger partial charge in [-0.05, 0) is 68.0 Å². The number of rotatable bonds is 12. The summed E-state index contributed by atoms with van der Waals surface area (Å²) in [7, 11) is 0. The third-order valence-corrected chi connectivity index (χ3v) is 7.97. The Morgan fingerprint density at radius 3 is 2.31 bits per heavy atom. The first-order chi connectivity index (χ1) is 20.3. The number of carbonyl (C=O) groups is 3. The molecule has 0 spiro atoms. The van der Waals surface area contributed by atoms with Gasteiger partial charge in [-0.15, -0.1) is 11.8 Å². The Morgan fingerprint density at radius 2 is 1.69 bits per heavy atom. The van der Waals surface area contributed by atoms with Crippen molar-refractivity contribution in [2.24, 2.45) is 5.16 Å². The number of halogens is 1. The molecule has 0 saturated carbocycles. The van der Waals surface area contributed by atoms with Crippen LogP contribution >= 0.6 is 23.4 Å². The topological polar surface area (TPSA) is 77.7 Å². The number of allylic oxidation sites excluding steroid dienone is 3. The van der Waals surface area contributed by atoms with Gasteiger partial charge in [-0.2, -0.15) is 0 Å². The van der Waals surface area contributed by atoms with Crippen molar-refractivity contribution >= 4 is 68.4 Å². The summed E-state index contributed by atoms with van der Waals surface area (Å²) in [5, 5.41) is 5.63. The number of thioether (sulfide) groups is 1. The predicted octanol–water partition coefficient (Wildman–Crippen LogP) is 8.40. The molecule has 214 valence electrons. The summed E-state index contributed by atoms with van der Waals surface area (Å²) in [6.07, 6.45) is 5.45. The number of benzene rings is 3. The van der Waals surface area contributed by atoms with E-state index in [-0.39, 0.29) is 23.7 Å². The molecule has 0 fully saturated rings. The van der Waals surface area contributed by atoms with E-state index in [0.717, 1.165) is 32.3 Å². The van der Waals surface area contributed by atoms with Gasteiger partial charge in [0.25, 0.3) is 0 Å². The summed E-state index contributed by atoms with van der Waals surface area (Å²) in [6, 6.07) is 18.7. The molecule has 8 heteroatoms. The van der Waals surface area contributed by atoms with Gasteiger partial charge in [0.2, 0.25) is 5.78 Å².